The van der Waals surface area contributed by atoms with E-state index in [4.69, 9.17) is 40.5 Å². The molecule has 0 heterocycles. The molecule has 0 aliphatic heterocycles. The summed E-state index contributed by atoms with van der Waals surface area (Å²) in [6, 6.07) is 9.44. The molecule has 2 N–H and O–H groups in total. The fourth-order valence-corrected chi connectivity index (χ4v) is 0.797. The standard InChI is InChI=1S/C8H9NO.C2HCl3O/c9-8(10)6-7-4-2-1-3-5-7;3-2(4,5)1-6/h1-5H,6H2,(H2,9,10);1H. The van der Waals surface area contributed by atoms with Gasteiger partial charge in [-0.2, -0.15) is 0 Å². The first-order chi connectivity index (χ1) is 7.35. The first-order valence-electron chi connectivity index (χ1n) is 4.20. The first kappa shape index (κ1) is 15.2. The van der Waals surface area contributed by atoms with Crippen LogP contribution in [0, 0.1) is 0 Å². The van der Waals surface area contributed by atoms with E-state index in [0.717, 1.165) is 5.56 Å². The third kappa shape index (κ3) is 9.77. The summed E-state index contributed by atoms with van der Waals surface area (Å²) in [5, 5.41) is 0. The largest absolute Gasteiger partial charge is 0.369 e. The molecule has 0 aromatic heterocycles. The monoisotopic (exact) mass is 281 g/mol. The van der Waals surface area contributed by atoms with Gasteiger partial charge >= 0.3 is 0 Å². The van der Waals surface area contributed by atoms with Crippen molar-refractivity contribution in [1.82, 2.24) is 0 Å². The SMILES string of the molecule is NC(=O)Cc1ccccc1.O=CC(Cl)(Cl)Cl. The minimum Gasteiger partial charge on any atom is -0.369 e. The number of amides is 1. The topological polar surface area (TPSA) is 60.2 Å². The van der Waals surface area contributed by atoms with Crippen LogP contribution < -0.4 is 5.73 Å². The lowest BCUT2D eigenvalue weighted by Gasteiger charge is -1.93. The lowest BCUT2D eigenvalue weighted by atomic mass is 10.1. The van der Waals surface area contributed by atoms with Crippen molar-refractivity contribution in [2.24, 2.45) is 5.73 Å². The van der Waals surface area contributed by atoms with E-state index in [0.29, 0.717) is 6.42 Å². The van der Waals surface area contributed by atoms with Gasteiger partial charge in [0.05, 0.1) is 6.42 Å². The molecule has 88 valence electrons. The molecular formula is C10H10Cl3NO2. The molecule has 0 spiro atoms. The average Bonchev–Trinajstić information content (AvgIpc) is 2.18. The molecule has 1 rings (SSSR count). The van der Waals surface area contributed by atoms with Crippen molar-refractivity contribution in [2.45, 2.75) is 10.2 Å². The van der Waals surface area contributed by atoms with Crippen molar-refractivity contribution in [3.63, 3.8) is 0 Å². The van der Waals surface area contributed by atoms with Gasteiger partial charge in [0, 0.05) is 0 Å². The van der Waals surface area contributed by atoms with Gasteiger partial charge in [0.2, 0.25) is 9.70 Å². The predicted molar refractivity (Wildman–Crippen MR) is 65.7 cm³/mol. The van der Waals surface area contributed by atoms with Crippen molar-refractivity contribution < 1.29 is 9.59 Å². The highest BCUT2D eigenvalue weighted by Crippen LogP contribution is 2.21. The van der Waals surface area contributed by atoms with Crippen LogP contribution in [0.3, 0.4) is 0 Å². The van der Waals surface area contributed by atoms with Gasteiger partial charge in [-0.1, -0.05) is 65.1 Å². The van der Waals surface area contributed by atoms with Crippen molar-refractivity contribution in [3.05, 3.63) is 35.9 Å². The van der Waals surface area contributed by atoms with Gasteiger partial charge in [-0.25, -0.2) is 0 Å². The fourth-order valence-electron chi connectivity index (χ4n) is 0.797. The van der Waals surface area contributed by atoms with E-state index >= 15 is 0 Å². The number of hydrogen-bond acceptors (Lipinski definition) is 2. The van der Waals surface area contributed by atoms with Gasteiger partial charge in [-0.3, -0.25) is 9.59 Å². The fraction of sp³-hybridized carbons (Fsp3) is 0.200. The third-order valence-electron chi connectivity index (χ3n) is 1.35. The molecule has 0 saturated carbocycles. The molecule has 6 heteroatoms. The van der Waals surface area contributed by atoms with Crippen LogP contribution in [0.1, 0.15) is 5.56 Å². The number of carbonyl (C=O) groups excluding carboxylic acids is 2. The number of carbonyl (C=O) groups is 2. The maximum Gasteiger partial charge on any atom is 0.245 e. The Hall–Kier alpha value is -0.770. The summed E-state index contributed by atoms with van der Waals surface area (Å²) in [5.41, 5.74) is 5.95. The van der Waals surface area contributed by atoms with E-state index in [9.17, 15) is 9.59 Å². The summed E-state index contributed by atoms with van der Waals surface area (Å²) < 4.78 is -1.72. The Morgan fingerprint density at radius 3 is 2.00 bits per heavy atom. The lowest BCUT2D eigenvalue weighted by molar-refractivity contribution is -0.117. The van der Waals surface area contributed by atoms with Gasteiger partial charge in [0.1, 0.15) is 0 Å². The van der Waals surface area contributed by atoms with E-state index in [-0.39, 0.29) is 12.2 Å². The number of hydrogen-bond donors (Lipinski definition) is 1. The smallest absolute Gasteiger partial charge is 0.245 e. The lowest BCUT2D eigenvalue weighted by Crippen LogP contribution is -2.13. The summed E-state index contributed by atoms with van der Waals surface area (Å²) >= 11 is 14.6. The molecule has 0 radical (unpaired) electrons. The number of primary amides is 1. The first-order valence-corrected chi connectivity index (χ1v) is 5.34. The zero-order chi connectivity index (χ0) is 12.6. The van der Waals surface area contributed by atoms with Crippen molar-refractivity contribution in [2.75, 3.05) is 0 Å². The Kier molecular flexibility index (Phi) is 7.13. The Morgan fingerprint density at radius 1 is 1.25 bits per heavy atom. The molecule has 1 aromatic rings. The quantitative estimate of drug-likeness (QED) is 0.668. The molecule has 0 atom stereocenters. The second-order valence-electron chi connectivity index (χ2n) is 2.79. The zero-order valence-corrected chi connectivity index (χ0v) is 10.5. The molecular weight excluding hydrogens is 272 g/mol. The normalized spacial score (nSPS) is 9.94. The van der Waals surface area contributed by atoms with E-state index in [1.54, 1.807) is 0 Å². The highest BCUT2D eigenvalue weighted by molar-refractivity contribution is 6.74. The third-order valence-corrected chi connectivity index (χ3v) is 1.62. The highest BCUT2D eigenvalue weighted by Gasteiger charge is 2.16. The Labute approximate surface area is 108 Å². The van der Waals surface area contributed by atoms with Crippen LogP contribution in [0.5, 0.6) is 0 Å². The minimum atomic E-state index is -1.72. The number of alkyl halides is 3. The molecule has 1 amide bonds. The Morgan fingerprint density at radius 2 is 1.69 bits per heavy atom. The molecule has 16 heavy (non-hydrogen) atoms. The van der Waals surface area contributed by atoms with Gasteiger partial charge < -0.3 is 5.73 Å². The maximum atomic E-state index is 10.4. The molecule has 3 nitrogen and oxygen atoms in total. The molecule has 0 aliphatic rings. The van der Waals surface area contributed by atoms with Gasteiger partial charge in [-0.15, -0.1) is 0 Å². The molecule has 0 saturated heterocycles. The zero-order valence-electron chi connectivity index (χ0n) is 8.20. The Bertz CT molecular complexity index is 336. The maximum absolute atomic E-state index is 10.4. The van der Waals surface area contributed by atoms with Crippen LogP contribution in [0.4, 0.5) is 0 Å². The summed E-state index contributed by atoms with van der Waals surface area (Å²) in [7, 11) is 0. The Balaban J connectivity index is 0.000000325. The number of halogens is 3. The van der Waals surface area contributed by atoms with E-state index in [1.165, 1.54) is 0 Å². The molecule has 1 aromatic carbocycles. The van der Waals surface area contributed by atoms with E-state index < -0.39 is 3.79 Å². The molecule has 0 fully saturated rings. The molecule has 0 unspecified atom stereocenters. The van der Waals surface area contributed by atoms with Crippen LogP contribution in [0.2, 0.25) is 0 Å². The van der Waals surface area contributed by atoms with Crippen molar-refractivity contribution in [3.8, 4) is 0 Å². The minimum absolute atomic E-state index is 0.234. The van der Waals surface area contributed by atoms with E-state index in [2.05, 4.69) is 0 Å². The van der Waals surface area contributed by atoms with Crippen LogP contribution in [0.15, 0.2) is 30.3 Å². The second kappa shape index (κ2) is 7.49. The van der Waals surface area contributed by atoms with Crippen molar-refractivity contribution >= 4 is 47.0 Å². The number of aldehydes is 1. The van der Waals surface area contributed by atoms with Crippen LogP contribution in [-0.2, 0) is 16.0 Å². The van der Waals surface area contributed by atoms with Crippen LogP contribution >= 0.6 is 34.8 Å². The number of benzene rings is 1. The van der Waals surface area contributed by atoms with Gasteiger partial charge in [0.15, 0.2) is 6.29 Å². The van der Waals surface area contributed by atoms with Crippen LogP contribution in [0.25, 0.3) is 0 Å². The summed E-state index contributed by atoms with van der Waals surface area (Å²) in [6.45, 7) is 0. The highest BCUT2D eigenvalue weighted by atomic mass is 35.6. The predicted octanol–water partition coefficient (Wildman–Crippen LogP) is 2.27. The number of nitrogens with two attached hydrogens (primary N) is 1. The summed E-state index contributed by atoms with van der Waals surface area (Å²) in [4.78, 5) is 19.8. The molecule has 0 aliphatic carbocycles. The second-order valence-corrected chi connectivity index (χ2v) is 5.16. The van der Waals surface area contributed by atoms with Gasteiger partial charge in [-0.05, 0) is 5.56 Å². The van der Waals surface area contributed by atoms with Gasteiger partial charge in [0.25, 0.3) is 0 Å². The van der Waals surface area contributed by atoms with Crippen molar-refractivity contribution in [1.29, 1.82) is 0 Å². The number of rotatable bonds is 2. The summed E-state index contributed by atoms with van der Waals surface area (Å²) in [5.74, 6) is -0.286. The van der Waals surface area contributed by atoms with E-state index in [1.807, 2.05) is 30.3 Å². The van der Waals surface area contributed by atoms with Crippen LogP contribution in [-0.4, -0.2) is 16.0 Å². The summed E-state index contributed by atoms with van der Waals surface area (Å²) in [6.07, 6.45) is 0.568. The average molecular weight is 283 g/mol. The molecule has 0 bridgehead atoms.